The topological polar surface area (TPSA) is 93.7 Å². The maximum Gasteiger partial charge on any atom is 0.292 e. The number of nitro benzene ring substituents is 1. The van der Waals surface area contributed by atoms with Gasteiger partial charge in [0.1, 0.15) is 5.69 Å². The summed E-state index contributed by atoms with van der Waals surface area (Å²) in [5.41, 5.74) is 7.04. The minimum atomic E-state index is -0.350. The van der Waals surface area contributed by atoms with Gasteiger partial charge in [-0.25, -0.2) is 0 Å². The number of nitrogens with zero attached hydrogens (tertiary/aromatic N) is 2. The lowest BCUT2D eigenvalue weighted by Crippen LogP contribution is -2.36. The highest BCUT2D eigenvalue weighted by atomic mass is 35.5. The quantitative estimate of drug-likeness (QED) is 0.627. The van der Waals surface area contributed by atoms with E-state index in [1.54, 1.807) is 12.1 Å². The molecule has 0 amide bonds. The van der Waals surface area contributed by atoms with Crippen molar-refractivity contribution in [2.75, 3.05) is 49.6 Å². The molecule has 0 radical (unpaired) electrons. The SMILES string of the molecule is Cl.NCCNc1ccc([N+](=O)[O-])c(N2CCOCC2)c1. The van der Waals surface area contributed by atoms with Crippen LogP contribution in [-0.2, 0) is 4.74 Å². The smallest absolute Gasteiger partial charge is 0.292 e. The molecule has 0 unspecified atom stereocenters. The molecule has 0 aliphatic carbocycles. The third kappa shape index (κ3) is 3.96. The van der Waals surface area contributed by atoms with Crippen molar-refractivity contribution < 1.29 is 9.66 Å². The molecule has 1 saturated heterocycles. The van der Waals surface area contributed by atoms with E-state index in [0.29, 0.717) is 45.1 Å². The molecule has 0 bridgehead atoms. The van der Waals surface area contributed by atoms with E-state index < -0.39 is 0 Å². The molecule has 7 nitrogen and oxygen atoms in total. The van der Waals surface area contributed by atoms with Crippen LogP contribution in [0.5, 0.6) is 0 Å². The van der Waals surface area contributed by atoms with Gasteiger partial charge in [0.05, 0.1) is 18.1 Å². The lowest BCUT2D eigenvalue weighted by molar-refractivity contribution is -0.384. The second-order valence-corrected chi connectivity index (χ2v) is 4.28. The fourth-order valence-corrected chi connectivity index (χ4v) is 2.06. The lowest BCUT2D eigenvalue weighted by atomic mass is 10.2. The summed E-state index contributed by atoms with van der Waals surface area (Å²) in [5, 5.41) is 14.2. The summed E-state index contributed by atoms with van der Waals surface area (Å²) in [6, 6.07) is 5.04. The molecular formula is C12H19ClN4O3. The molecule has 1 aromatic rings. The Kier molecular flexibility index (Phi) is 6.50. The van der Waals surface area contributed by atoms with Crippen LogP contribution in [0.1, 0.15) is 0 Å². The van der Waals surface area contributed by atoms with E-state index in [1.807, 2.05) is 4.90 Å². The van der Waals surface area contributed by atoms with Crippen LogP contribution in [0.25, 0.3) is 0 Å². The molecule has 0 saturated carbocycles. The maximum atomic E-state index is 11.1. The second-order valence-electron chi connectivity index (χ2n) is 4.28. The third-order valence-corrected chi connectivity index (χ3v) is 3.00. The number of rotatable bonds is 5. The van der Waals surface area contributed by atoms with Gasteiger partial charge in [0.15, 0.2) is 0 Å². The molecule has 1 fully saturated rings. The van der Waals surface area contributed by atoms with E-state index in [-0.39, 0.29) is 23.0 Å². The number of ether oxygens (including phenoxy) is 1. The number of nitrogens with one attached hydrogen (secondary N) is 1. The number of nitro groups is 1. The summed E-state index contributed by atoms with van der Waals surface area (Å²) < 4.78 is 5.27. The first-order chi connectivity index (χ1) is 9.22. The molecule has 3 N–H and O–H groups in total. The van der Waals surface area contributed by atoms with Gasteiger partial charge < -0.3 is 20.7 Å². The van der Waals surface area contributed by atoms with Crippen LogP contribution in [-0.4, -0.2) is 44.3 Å². The van der Waals surface area contributed by atoms with Crippen LogP contribution in [0.2, 0.25) is 0 Å². The third-order valence-electron chi connectivity index (χ3n) is 3.00. The van der Waals surface area contributed by atoms with Crippen molar-refractivity contribution in [1.82, 2.24) is 0 Å². The van der Waals surface area contributed by atoms with E-state index in [2.05, 4.69) is 5.32 Å². The Hall–Kier alpha value is -1.57. The number of hydrogen-bond acceptors (Lipinski definition) is 6. The molecule has 2 rings (SSSR count). The maximum absolute atomic E-state index is 11.1. The van der Waals surface area contributed by atoms with Crippen molar-refractivity contribution in [3.8, 4) is 0 Å². The van der Waals surface area contributed by atoms with Crippen LogP contribution in [0, 0.1) is 10.1 Å². The summed E-state index contributed by atoms with van der Waals surface area (Å²) in [7, 11) is 0. The average molecular weight is 303 g/mol. The second kappa shape index (κ2) is 7.88. The summed E-state index contributed by atoms with van der Waals surface area (Å²) in [4.78, 5) is 12.7. The number of hydrogen-bond donors (Lipinski definition) is 2. The van der Waals surface area contributed by atoms with Crippen molar-refractivity contribution in [1.29, 1.82) is 0 Å². The lowest BCUT2D eigenvalue weighted by Gasteiger charge is -2.28. The predicted octanol–water partition coefficient (Wildman–Crippen LogP) is 1.22. The van der Waals surface area contributed by atoms with Gasteiger partial charge in [-0.2, -0.15) is 0 Å². The van der Waals surface area contributed by atoms with Crippen molar-refractivity contribution in [3.63, 3.8) is 0 Å². The van der Waals surface area contributed by atoms with Crippen molar-refractivity contribution in [2.45, 2.75) is 0 Å². The van der Waals surface area contributed by atoms with Gasteiger partial charge in [-0.3, -0.25) is 10.1 Å². The Morgan fingerprint density at radius 3 is 2.70 bits per heavy atom. The molecule has 1 heterocycles. The normalized spacial score (nSPS) is 14.6. The Bertz CT molecular complexity index is 452. The van der Waals surface area contributed by atoms with Crippen molar-refractivity contribution >= 4 is 29.5 Å². The van der Waals surface area contributed by atoms with Gasteiger partial charge in [-0.15, -0.1) is 12.4 Å². The van der Waals surface area contributed by atoms with Gasteiger partial charge in [-0.1, -0.05) is 0 Å². The van der Waals surface area contributed by atoms with E-state index in [0.717, 1.165) is 5.69 Å². The van der Waals surface area contributed by atoms with Gasteiger partial charge in [0.2, 0.25) is 0 Å². The van der Waals surface area contributed by atoms with Crippen LogP contribution in [0.15, 0.2) is 18.2 Å². The zero-order chi connectivity index (χ0) is 13.7. The molecule has 1 aliphatic heterocycles. The molecule has 1 aliphatic rings. The molecule has 0 spiro atoms. The Labute approximate surface area is 123 Å². The van der Waals surface area contributed by atoms with Crippen LogP contribution in [0.4, 0.5) is 17.1 Å². The summed E-state index contributed by atoms with van der Waals surface area (Å²) in [5.74, 6) is 0. The highest BCUT2D eigenvalue weighted by Crippen LogP contribution is 2.31. The van der Waals surface area contributed by atoms with E-state index in [9.17, 15) is 10.1 Å². The van der Waals surface area contributed by atoms with E-state index >= 15 is 0 Å². The van der Waals surface area contributed by atoms with Crippen molar-refractivity contribution in [2.24, 2.45) is 5.73 Å². The van der Waals surface area contributed by atoms with E-state index in [1.165, 1.54) is 6.07 Å². The largest absolute Gasteiger partial charge is 0.384 e. The zero-order valence-electron chi connectivity index (χ0n) is 11.1. The number of morpholine rings is 1. The van der Waals surface area contributed by atoms with Gasteiger partial charge >= 0.3 is 0 Å². The Balaban J connectivity index is 0.00000200. The zero-order valence-corrected chi connectivity index (χ0v) is 11.9. The minimum absolute atomic E-state index is 0. The average Bonchev–Trinajstić information content (AvgIpc) is 2.45. The summed E-state index contributed by atoms with van der Waals surface area (Å²) >= 11 is 0. The molecule has 112 valence electrons. The van der Waals surface area contributed by atoms with Gasteiger partial charge in [0, 0.05) is 37.9 Å². The molecule has 1 aromatic carbocycles. The standard InChI is InChI=1S/C12H18N4O3.ClH/c13-3-4-14-10-1-2-11(16(17)18)12(9-10)15-5-7-19-8-6-15;/h1-2,9,14H,3-8,13H2;1H. The molecule has 0 aromatic heterocycles. The molecular weight excluding hydrogens is 284 g/mol. The van der Waals surface area contributed by atoms with Gasteiger partial charge in [0.25, 0.3) is 5.69 Å². The first-order valence-electron chi connectivity index (χ1n) is 6.27. The Morgan fingerprint density at radius 2 is 2.10 bits per heavy atom. The number of nitrogens with two attached hydrogens (primary N) is 1. The molecule has 20 heavy (non-hydrogen) atoms. The fraction of sp³-hybridized carbons (Fsp3) is 0.500. The minimum Gasteiger partial charge on any atom is -0.384 e. The fourth-order valence-electron chi connectivity index (χ4n) is 2.06. The summed E-state index contributed by atoms with van der Waals surface area (Å²) in [6.07, 6.45) is 0. The highest BCUT2D eigenvalue weighted by Gasteiger charge is 2.21. The van der Waals surface area contributed by atoms with Crippen LogP contribution in [0.3, 0.4) is 0 Å². The highest BCUT2D eigenvalue weighted by molar-refractivity contribution is 5.85. The number of anilines is 2. The first-order valence-corrected chi connectivity index (χ1v) is 6.27. The number of benzene rings is 1. The summed E-state index contributed by atoms with van der Waals surface area (Å²) in [6.45, 7) is 3.68. The van der Waals surface area contributed by atoms with Crippen LogP contribution < -0.4 is 16.0 Å². The van der Waals surface area contributed by atoms with Gasteiger partial charge in [-0.05, 0) is 12.1 Å². The molecule has 8 heteroatoms. The monoisotopic (exact) mass is 302 g/mol. The first kappa shape index (κ1) is 16.5. The van der Waals surface area contributed by atoms with Crippen molar-refractivity contribution in [3.05, 3.63) is 28.3 Å². The molecule has 0 atom stereocenters. The van der Waals surface area contributed by atoms with E-state index in [4.69, 9.17) is 10.5 Å². The number of halogens is 1. The Morgan fingerprint density at radius 1 is 1.40 bits per heavy atom. The predicted molar refractivity (Wildman–Crippen MR) is 80.9 cm³/mol. The van der Waals surface area contributed by atoms with Crippen LogP contribution >= 0.6 is 12.4 Å².